The van der Waals surface area contributed by atoms with E-state index >= 15 is 0 Å². The smallest absolute Gasteiger partial charge is 0.264 e. The molecule has 1 aliphatic carbocycles. The molecule has 0 saturated carbocycles. The summed E-state index contributed by atoms with van der Waals surface area (Å²) in [6.45, 7) is 30.1. The molecule has 0 saturated heterocycles. The van der Waals surface area contributed by atoms with Crippen LogP contribution in [-0.4, -0.2) is 6.71 Å². The lowest BCUT2D eigenvalue weighted by atomic mass is 9.36. The van der Waals surface area contributed by atoms with E-state index in [1.54, 1.807) is 12.1 Å². The lowest BCUT2D eigenvalue weighted by Gasteiger charge is -2.44. The van der Waals surface area contributed by atoms with Crippen molar-refractivity contribution in [1.29, 1.82) is 0 Å². The first-order valence-electron chi connectivity index (χ1n) is 26.2. The van der Waals surface area contributed by atoms with Crippen molar-refractivity contribution >= 4 is 78.0 Å². The second-order valence-electron chi connectivity index (χ2n) is 24.0. The van der Waals surface area contributed by atoms with Crippen molar-refractivity contribution in [3.8, 4) is 11.1 Å². The topological polar surface area (TPSA) is 6.48 Å². The maximum absolute atomic E-state index is 8.71. The molecule has 0 bridgehead atoms. The predicted molar refractivity (Wildman–Crippen MR) is 297 cm³/mol. The fourth-order valence-electron chi connectivity index (χ4n) is 11.6. The summed E-state index contributed by atoms with van der Waals surface area (Å²) in [7, 11) is 0. The maximum Gasteiger partial charge on any atom is 0.264 e. The van der Waals surface area contributed by atoms with Crippen molar-refractivity contribution < 1.29 is 4.11 Å². The van der Waals surface area contributed by atoms with Crippen molar-refractivity contribution in [2.75, 3.05) is 9.80 Å². The largest absolute Gasteiger partial charge is 0.311 e. The maximum atomic E-state index is 8.71. The number of thiophene rings is 1. The molecule has 0 radical (unpaired) electrons. The number of benzene rings is 7. The minimum absolute atomic E-state index is 0.00805. The van der Waals surface area contributed by atoms with E-state index in [1.165, 1.54) is 81.8 Å². The molecule has 3 aliphatic rings. The third-order valence-electron chi connectivity index (χ3n) is 16.0. The van der Waals surface area contributed by atoms with Crippen LogP contribution in [0, 0.1) is 6.92 Å². The first kappa shape index (κ1) is 41.2. The van der Waals surface area contributed by atoms with Gasteiger partial charge < -0.3 is 9.80 Å². The SMILES string of the molecule is [2H]c1cc(C(C)(C)c2ccc3c(c2)B2c4sc5cc6c(cc5c4N(c4ccc(C(C)(C)C)cc4)c4cc(C)cc(c42)N3c2ccc(C(C)(C)C)cc2-c2ccccc2)C(C)(C)CCC6(C)C)cc([2H])c1[2H]. The first-order chi connectivity index (χ1) is 33.3. The molecule has 2 aliphatic heterocycles. The van der Waals surface area contributed by atoms with Crippen molar-refractivity contribution in [1.82, 2.24) is 0 Å². The lowest BCUT2D eigenvalue weighted by molar-refractivity contribution is 0.332. The summed E-state index contributed by atoms with van der Waals surface area (Å²) < 4.78 is 28.5. The van der Waals surface area contributed by atoms with Crippen LogP contribution in [0.1, 0.15) is 139 Å². The molecular weight excluding hydrogens is 840 g/mol. The second-order valence-corrected chi connectivity index (χ2v) is 25.1. The number of aryl methyl sites for hydroxylation is 1. The van der Waals surface area contributed by atoms with Gasteiger partial charge >= 0.3 is 0 Å². The van der Waals surface area contributed by atoms with Crippen LogP contribution in [0.5, 0.6) is 0 Å². The quantitative estimate of drug-likeness (QED) is 0.159. The van der Waals surface area contributed by atoms with Crippen molar-refractivity contribution in [3.05, 3.63) is 184 Å². The van der Waals surface area contributed by atoms with E-state index in [2.05, 4.69) is 215 Å². The standard InChI is InChI=1S/C64H67BN2S/c1-40-34-54-57-55(35-40)67(52-30-26-44(61(5,6)7)36-47(52)41-20-16-14-17-21-41)53-31-27-45(64(12,13)43-22-18-15-19-23-43)37-51(53)65(57)59-58(66(54)46-28-24-42(25-29-46)60(2,3)4)48-38-49-50(39-56(48)68-59)63(10,11)33-32-62(49,8)9/h14-31,34-39H,32-33H2,1-13H3/i15D,18D,19D. The van der Waals surface area contributed by atoms with Crippen molar-refractivity contribution in [2.24, 2.45) is 0 Å². The Morgan fingerprint density at radius 2 is 1.15 bits per heavy atom. The van der Waals surface area contributed by atoms with Crippen LogP contribution in [0.3, 0.4) is 0 Å². The van der Waals surface area contributed by atoms with E-state index in [0.717, 1.165) is 41.0 Å². The van der Waals surface area contributed by atoms with Gasteiger partial charge in [0.15, 0.2) is 0 Å². The Kier molecular flexibility index (Phi) is 9.28. The van der Waals surface area contributed by atoms with Gasteiger partial charge in [0.05, 0.1) is 15.5 Å². The number of nitrogens with zero attached hydrogens (tertiary/aromatic N) is 2. The third kappa shape index (κ3) is 7.02. The van der Waals surface area contributed by atoms with Gasteiger partial charge in [-0.1, -0.05) is 174 Å². The predicted octanol–water partition coefficient (Wildman–Crippen LogP) is 16.2. The van der Waals surface area contributed by atoms with E-state index in [4.69, 9.17) is 4.11 Å². The molecule has 3 heterocycles. The van der Waals surface area contributed by atoms with Gasteiger partial charge in [0, 0.05) is 48.6 Å². The third-order valence-corrected chi connectivity index (χ3v) is 17.2. The van der Waals surface area contributed by atoms with Gasteiger partial charge in [0.1, 0.15) is 0 Å². The normalized spacial score (nSPS) is 16.7. The Labute approximate surface area is 415 Å². The Balaban J connectivity index is 1.26. The van der Waals surface area contributed by atoms with Gasteiger partial charge in [-0.2, -0.15) is 0 Å². The minimum atomic E-state index is -0.576. The van der Waals surface area contributed by atoms with Crippen LogP contribution in [0.2, 0.25) is 0 Å². The number of anilines is 6. The second kappa shape index (κ2) is 15.3. The molecule has 0 amide bonds. The van der Waals surface area contributed by atoms with Crippen LogP contribution in [0.4, 0.5) is 34.1 Å². The van der Waals surface area contributed by atoms with Gasteiger partial charge in [-0.05, 0) is 151 Å². The molecule has 342 valence electrons. The first-order valence-corrected chi connectivity index (χ1v) is 25.6. The van der Waals surface area contributed by atoms with Crippen molar-refractivity contribution in [3.63, 3.8) is 0 Å². The van der Waals surface area contributed by atoms with E-state index in [0.29, 0.717) is 0 Å². The molecule has 4 heteroatoms. The van der Waals surface area contributed by atoms with Crippen molar-refractivity contribution in [2.45, 2.75) is 130 Å². The zero-order valence-electron chi connectivity index (χ0n) is 45.4. The highest BCUT2D eigenvalue weighted by Crippen LogP contribution is 2.53. The summed E-state index contributed by atoms with van der Waals surface area (Å²) in [4.78, 5) is 5.17. The Bertz CT molecular complexity index is 3460. The molecule has 1 aromatic heterocycles. The van der Waals surface area contributed by atoms with E-state index in [1.807, 2.05) is 11.3 Å². The Morgan fingerprint density at radius 3 is 1.79 bits per heavy atom. The molecule has 0 atom stereocenters. The highest BCUT2D eigenvalue weighted by atomic mass is 32.1. The average molecular weight is 910 g/mol. The molecule has 0 spiro atoms. The Hall–Kier alpha value is -5.84. The molecule has 11 rings (SSSR count). The summed E-state index contributed by atoms with van der Waals surface area (Å²) in [6, 6.07) is 48.2. The van der Waals surface area contributed by atoms with Crippen LogP contribution >= 0.6 is 11.3 Å². The number of hydrogen-bond acceptors (Lipinski definition) is 3. The zero-order valence-corrected chi connectivity index (χ0v) is 43.2. The van der Waals surface area contributed by atoms with Crippen LogP contribution < -0.4 is 25.5 Å². The molecule has 0 fully saturated rings. The minimum Gasteiger partial charge on any atom is -0.311 e. The zero-order chi connectivity index (χ0) is 50.5. The van der Waals surface area contributed by atoms with Crippen LogP contribution in [-0.2, 0) is 27.1 Å². The highest BCUT2D eigenvalue weighted by Gasteiger charge is 2.47. The molecule has 8 aromatic rings. The van der Waals surface area contributed by atoms with Crippen LogP contribution in [0.25, 0.3) is 21.2 Å². The van der Waals surface area contributed by atoms with Gasteiger partial charge in [0.25, 0.3) is 6.71 Å². The molecule has 2 nitrogen and oxygen atoms in total. The molecule has 0 unspecified atom stereocenters. The summed E-state index contributed by atoms with van der Waals surface area (Å²) >= 11 is 1.97. The number of hydrogen-bond donors (Lipinski definition) is 0. The molecule has 68 heavy (non-hydrogen) atoms. The summed E-state index contributed by atoms with van der Waals surface area (Å²) in [5, 5.41) is 1.31. The number of fused-ring (bicyclic) bond motifs is 7. The fourth-order valence-corrected chi connectivity index (χ4v) is 12.9. The molecule has 0 N–H and O–H groups in total. The molecule has 7 aromatic carbocycles. The fraction of sp³-hybridized carbons (Fsp3) is 0.312. The Morgan fingerprint density at radius 1 is 0.559 bits per heavy atom. The lowest BCUT2D eigenvalue weighted by Crippen LogP contribution is -2.60. The summed E-state index contributed by atoms with van der Waals surface area (Å²) in [5.74, 6) is 0. The van der Waals surface area contributed by atoms with Gasteiger partial charge in [0.2, 0.25) is 0 Å². The van der Waals surface area contributed by atoms with E-state index in [-0.39, 0.29) is 46.5 Å². The summed E-state index contributed by atoms with van der Waals surface area (Å²) in [6.07, 6.45) is 2.30. The van der Waals surface area contributed by atoms with Gasteiger partial charge in [-0.3, -0.25) is 0 Å². The van der Waals surface area contributed by atoms with Crippen LogP contribution in [0.15, 0.2) is 146 Å². The van der Waals surface area contributed by atoms with Gasteiger partial charge in [-0.15, -0.1) is 11.3 Å². The average Bonchev–Trinajstić information content (AvgIpc) is 3.69. The van der Waals surface area contributed by atoms with E-state index < -0.39 is 5.41 Å². The monoisotopic (exact) mass is 910 g/mol. The highest BCUT2D eigenvalue weighted by molar-refractivity contribution is 7.33. The molecular formula is C64H67BN2S. The number of rotatable bonds is 5. The van der Waals surface area contributed by atoms with Gasteiger partial charge in [-0.25, -0.2) is 0 Å². The summed E-state index contributed by atoms with van der Waals surface area (Å²) in [5.41, 5.74) is 20.2. The van der Waals surface area contributed by atoms with E-state index in [9.17, 15) is 0 Å².